The average Bonchev–Trinajstić information content (AvgIpc) is 3.82. The summed E-state index contributed by atoms with van der Waals surface area (Å²) in [7, 11) is 0. The first-order valence-electron chi connectivity index (χ1n) is 15.4. The van der Waals surface area contributed by atoms with Crippen LogP contribution in [-0.2, 0) is 9.47 Å². The van der Waals surface area contributed by atoms with Crippen molar-refractivity contribution >= 4 is 34.0 Å². The van der Waals surface area contributed by atoms with Crippen LogP contribution in [-0.4, -0.2) is 138 Å². The van der Waals surface area contributed by atoms with Crippen LogP contribution < -0.4 is 10.6 Å². The van der Waals surface area contributed by atoms with Crippen molar-refractivity contribution in [2.45, 2.75) is 76.8 Å². The fourth-order valence-corrected chi connectivity index (χ4v) is 5.26. The largest absolute Gasteiger partial charge is 0.412 e. The second-order valence-electron chi connectivity index (χ2n) is 11.9. The van der Waals surface area contributed by atoms with Gasteiger partial charge in [-0.1, -0.05) is 23.3 Å². The van der Waals surface area contributed by atoms with Crippen molar-refractivity contribution in [1.29, 1.82) is 0 Å². The van der Waals surface area contributed by atoms with E-state index in [1.165, 1.54) is 45.6 Å². The molecular weight excluding hydrogens is 644 g/mol. The molecule has 0 unspecified atom stereocenters. The molecule has 268 valence electrons. The minimum Gasteiger partial charge on any atom is -0.412 e. The molecule has 8 atom stereocenters. The van der Waals surface area contributed by atoms with E-state index in [2.05, 4.69) is 40.5 Å². The third kappa shape index (κ3) is 8.01. The number of aromatic nitrogens is 8. The van der Waals surface area contributed by atoms with Crippen LogP contribution in [0.1, 0.15) is 40.2 Å². The van der Waals surface area contributed by atoms with Gasteiger partial charge in [0.2, 0.25) is 0 Å². The molecule has 4 aromatic rings. The summed E-state index contributed by atoms with van der Waals surface area (Å²) < 4.78 is 14.1. The standard InChI is InChI=1S/2C15H21N5O4.H2O/c2*1-8(2)3-4-16-13-10-14(18-6-17-13)20(7-19-10)15-12(23)11(22)9(5-21)24-15;/h2*3,6-7,9,11-12,15,21-23H,4-5H2,1-2H3,(H,16,17,18);1H2/t2*9-,11-,12-,15-;/m11./s1. The maximum atomic E-state index is 10.2. The summed E-state index contributed by atoms with van der Waals surface area (Å²) in [4.78, 5) is 25.4. The van der Waals surface area contributed by atoms with Crippen LogP contribution in [0, 0.1) is 0 Å². The lowest BCUT2D eigenvalue weighted by Gasteiger charge is -2.16. The van der Waals surface area contributed by atoms with Gasteiger partial charge in [0.25, 0.3) is 0 Å². The van der Waals surface area contributed by atoms with E-state index >= 15 is 0 Å². The number of hydrogen-bond donors (Lipinski definition) is 8. The molecule has 2 aliphatic rings. The van der Waals surface area contributed by atoms with Gasteiger partial charge in [0, 0.05) is 13.1 Å². The van der Waals surface area contributed by atoms with E-state index in [1.807, 2.05) is 39.8 Å². The van der Waals surface area contributed by atoms with Crippen molar-refractivity contribution < 1.29 is 45.6 Å². The minimum atomic E-state index is -1.18. The molecule has 0 aliphatic carbocycles. The van der Waals surface area contributed by atoms with Crippen LogP contribution in [0.5, 0.6) is 0 Å². The molecule has 2 saturated heterocycles. The highest BCUT2D eigenvalue weighted by Gasteiger charge is 2.45. The van der Waals surface area contributed by atoms with Crippen molar-refractivity contribution in [1.82, 2.24) is 39.0 Å². The normalized spacial score (nSPS) is 26.2. The third-order valence-electron chi connectivity index (χ3n) is 7.86. The molecule has 0 radical (unpaired) electrons. The summed E-state index contributed by atoms with van der Waals surface area (Å²) >= 11 is 0. The van der Waals surface area contributed by atoms with Gasteiger partial charge < -0.3 is 56.2 Å². The van der Waals surface area contributed by atoms with Crippen molar-refractivity contribution in [3.05, 3.63) is 48.6 Å². The van der Waals surface area contributed by atoms with Crippen molar-refractivity contribution in [2.75, 3.05) is 36.9 Å². The first-order valence-corrected chi connectivity index (χ1v) is 15.4. The van der Waals surface area contributed by atoms with Crippen LogP contribution in [0.4, 0.5) is 11.6 Å². The smallest absolute Gasteiger partial charge is 0.167 e. The first-order chi connectivity index (χ1) is 23.0. The number of nitrogens with zero attached hydrogens (tertiary/aromatic N) is 8. The van der Waals surface area contributed by atoms with E-state index in [-0.39, 0.29) is 18.7 Å². The zero-order valence-electron chi connectivity index (χ0n) is 27.5. The van der Waals surface area contributed by atoms with Gasteiger partial charge in [-0.05, 0) is 27.7 Å². The summed E-state index contributed by atoms with van der Waals surface area (Å²) in [6.07, 6.45) is 1.65. The summed E-state index contributed by atoms with van der Waals surface area (Å²) in [5.41, 5.74) is 4.39. The quantitative estimate of drug-likeness (QED) is 0.0909. The molecule has 4 aromatic heterocycles. The Kier molecular flexibility index (Phi) is 12.7. The number of allylic oxidation sites excluding steroid dienone is 2. The SMILES string of the molecule is CC(C)=CCNc1ncnc2c1ncn2[C@@H]1O[C@H](CO)[C@@H](O)[C@H]1O.CC(C)=CCNc1ncnc2c1ncn2[C@@H]1O[C@H](CO)[C@@H](O)[C@H]1O.O. The second-order valence-corrected chi connectivity index (χ2v) is 11.9. The fourth-order valence-electron chi connectivity index (χ4n) is 5.26. The van der Waals surface area contributed by atoms with E-state index in [4.69, 9.17) is 9.47 Å². The summed E-state index contributed by atoms with van der Waals surface area (Å²) in [5, 5.41) is 64.9. The number of rotatable bonds is 10. The maximum Gasteiger partial charge on any atom is 0.167 e. The summed E-state index contributed by atoms with van der Waals surface area (Å²) in [6.45, 7) is 8.48. The molecule has 2 fully saturated rings. The highest BCUT2D eigenvalue weighted by atomic mass is 16.6. The summed E-state index contributed by atoms with van der Waals surface area (Å²) in [6, 6.07) is 0. The van der Waals surface area contributed by atoms with Crippen molar-refractivity contribution in [2.24, 2.45) is 0 Å². The molecule has 0 amide bonds. The minimum absolute atomic E-state index is 0. The molecule has 49 heavy (non-hydrogen) atoms. The van der Waals surface area contributed by atoms with Crippen molar-refractivity contribution in [3.63, 3.8) is 0 Å². The van der Waals surface area contributed by atoms with Gasteiger partial charge in [-0.3, -0.25) is 9.13 Å². The lowest BCUT2D eigenvalue weighted by Crippen LogP contribution is -2.33. The van der Waals surface area contributed by atoms with Crippen LogP contribution in [0.15, 0.2) is 48.6 Å². The number of ether oxygens (including phenoxy) is 2. The Labute approximate surface area is 280 Å². The third-order valence-corrected chi connectivity index (χ3v) is 7.86. The monoisotopic (exact) mass is 688 g/mol. The lowest BCUT2D eigenvalue weighted by atomic mass is 10.1. The molecule has 0 bridgehead atoms. The molecule has 0 spiro atoms. The predicted octanol–water partition coefficient (Wildman–Crippen LogP) is -1.19. The number of nitrogens with one attached hydrogen (secondary N) is 2. The number of fused-ring (bicyclic) bond motifs is 2. The zero-order valence-corrected chi connectivity index (χ0v) is 27.5. The van der Waals surface area contributed by atoms with Crippen LogP contribution >= 0.6 is 0 Å². The first kappa shape index (κ1) is 37.6. The number of aliphatic hydroxyl groups excluding tert-OH is 6. The highest BCUT2D eigenvalue weighted by Crippen LogP contribution is 2.33. The molecule has 19 nitrogen and oxygen atoms in total. The number of hydrogen-bond acceptors (Lipinski definition) is 16. The number of aliphatic hydroxyl groups is 6. The topological polar surface area (TPSA) is 283 Å². The van der Waals surface area contributed by atoms with Gasteiger partial charge in [-0.15, -0.1) is 0 Å². The number of imidazole rings is 2. The molecule has 10 N–H and O–H groups in total. The van der Waals surface area contributed by atoms with E-state index in [0.29, 0.717) is 47.1 Å². The van der Waals surface area contributed by atoms with Crippen LogP contribution in [0.25, 0.3) is 22.3 Å². The van der Waals surface area contributed by atoms with Crippen LogP contribution in [0.2, 0.25) is 0 Å². The fraction of sp³-hybridized carbons (Fsp3) is 0.533. The van der Waals surface area contributed by atoms with E-state index in [9.17, 15) is 30.6 Å². The van der Waals surface area contributed by atoms with Crippen LogP contribution in [0.3, 0.4) is 0 Å². The van der Waals surface area contributed by atoms with E-state index < -0.39 is 49.1 Å². The number of anilines is 2. The molecule has 0 aromatic carbocycles. The van der Waals surface area contributed by atoms with Gasteiger partial charge in [-0.25, -0.2) is 29.9 Å². The Morgan fingerprint density at radius 1 is 0.653 bits per heavy atom. The van der Waals surface area contributed by atoms with Gasteiger partial charge >= 0.3 is 0 Å². The predicted molar refractivity (Wildman–Crippen MR) is 176 cm³/mol. The Bertz CT molecular complexity index is 1610. The van der Waals surface area contributed by atoms with Gasteiger partial charge in [0.1, 0.15) is 49.3 Å². The summed E-state index contributed by atoms with van der Waals surface area (Å²) in [5.74, 6) is 1.14. The van der Waals surface area contributed by atoms with Gasteiger partial charge in [0.15, 0.2) is 46.4 Å². The second kappa shape index (κ2) is 16.5. The van der Waals surface area contributed by atoms with E-state index in [1.54, 1.807) is 0 Å². The Morgan fingerprint density at radius 3 is 1.37 bits per heavy atom. The molecule has 0 saturated carbocycles. The molecule has 6 heterocycles. The Morgan fingerprint density at radius 2 is 1.04 bits per heavy atom. The Balaban J connectivity index is 0.000000216. The molecule has 6 rings (SSSR count). The molecule has 2 aliphatic heterocycles. The average molecular weight is 689 g/mol. The van der Waals surface area contributed by atoms with Crippen molar-refractivity contribution in [3.8, 4) is 0 Å². The zero-order chi connectivity index (χ0) is 34.5. The molecular formula is C30H44N10O9. The lowest BCUT2D eigenvalue weighted by molar-refractivity contribution is -0.0511. The van der Waals surface area contributed by atoms with E-state index in [0.717, 1.165) is 0 Å². The van der Waals surface area contributed by atoms with Gasteiger partial charge in [0.05, 0.1) is 25.9 Å². The maximum absolute atomic E-state index is 10.2. The Hall–Kier alpha value is -4.18. The van der Waals surface area contributed by atoms with Gasteiger partial charge in [-0.2, -0.15) is 0 Å². The molecule has 19 heteroatoms. The highest BCUT2D eigenvalue weighted by molar-refractivity contribution is 5.83.